The fourth-order valence-electron chi connectivity index (χ4n) is 3.91. The number of carbonyl (C=O) groups is 1. The smallest absolute Gasteiger partial charge is 0.254 e. The van der Waals surface area contributed by atoms with Crippen molar-refractivity contribution in [3.05, 3.63) is 77.5 Å². The van der Waals surface area contributed by atoms with E-state index in [1.807, 2.05) is 6.07 Å². The van der Waals surface area contributed by atoms with E-state index in [1.54, 1.807) is 36.1 Å². The van der Waals surface area contributed by atoms with Crippen LogP contribution < -0.4 is 10.6 Å². The highest BCUT2D eigenvalue weighted by Gasteiger charge is 2.29. The Labute approximate surface area is 167 Å². The van der Waals surface area contributed by atoms with Crippen LogP contribution in [0, 0.1) is 11.6 Å². The van der Waals surface area contributed by atoms with Crippen molar-refractivity contribution in [2.45, 2.75) is 18.4 Å². The number of hydrogen-bond donors (Lipinski definition) is 2. The maximum atomic E-state index is 14.7. The van der Waals surface area contributed by atoms with E-state index in [1.165, 1.54) is 24.3 Å². The van der Waals surface area contributed by atoms with Gasteiger partial charge in [-0.3, -0.25) is 9.48 Å². The van der Waals surface area contributed by atoms with Crippen LogP contribution in [0.2, 0.25) is 0 Å². The molecule has 5 nitrogen and oxygen atoms in total. The summed E-state index contributed by atoms with van der Waals surface area (Å²) in [5, 5.41) is 10.3. The Bertz CT molecular complexity index is 1030. The second kappa shape index (κ2) is 8.13. The van der Waals surface area contributed by atoms with Gasteiger partial charge in [-0.05, 0) is 48.9 Å². The molecule has 0 bridgehead atoms. The lowest BCUT2D eigenvalue weighted by molar-refractivity contribution is 0.0920. The summed E-state index contributed by atoms with van der Waals surface area (Å²) >= 11 is 0. The molecule has 1 fully saturated rings. The number of aryl methyl sites for hydroxylation is 1. The molecule has 0 saturated carbocycles. The Balaban J connectivity index is 1.54. The second-order valence-electron chi connectivity index (χ2n) is 7.27. The van der Waals surface area contributed by atoms with E-state index in [-0.39, 0.29) is 23.3 Å². The van der Waals surface area contributed by atoms with Gasteiger partial charge < -0.3 is 10.6 Å². The first-order valence-corrected chi connectivity index (χ1v) is 9.58. The maximum Gasteiger partial charge on any atom is 0.254 e. The molecule has 1 aliphatic rings. The fraction of sp³-hybridized carbons (Fsp3) is 0.273. The molecule has 2 heterocycles. The topological polar surface area (TPSA) is 59.0 Å². The largest absolute Gasteiger partial charge is 0.347 e. The van der Waals surface area contributed by atoms with E-state index in [0.29, 0.717) is 12.1 Å². The van der Waals surface area contributed by atoms with Gasteiger partial charge in [0.15, 0.2) is 0 Å². The lowest BCUT2D eigenvalue weighted by Crippen LogP contribution is -2.50. The standard InChI is InChI=1S/C22H22F2N4O/c1-28-21(8-10-26-28)15-5-6-18(19(24)12-15)22(29)27-20-13-25-9-7-17(20)14-3-2-4-16(23)11-14/h2-6,8,10-12,17,20,25H,7,9,13H2,1H3,(H,27,29)/t17-,20+/m0/s1. The number of nitrogens with zero attached hydrogens (tertiary/aromatic N) is 2. The van der Waals surface area contributed by atoms with Crippen LogP contribution in [0.4, 0.5) is 8.78 Å². The minimum absolute atomic E-state index is 0.0144. The molecule has 0 radical (unpaired) electrons. The third-order valence-electron chi connectivity index (χ3n) is 5.41. The van der Waals surface area contributed by atoms with Crippen molar-refractivity contribution < 1.29 is 13.6 Å². The van der Waals surface area contributed by atoms with Crippen LogP contribution in [0.5, 0.6) is 0 Å². The van der Waals surface area contributed by atoms with Crippen molar-refractivity contribution in [1.82, 2.24) is 20.4 Å². The first kappa shape index (κ1) is 19.3. The zero-order valence-electron chi connectivity index (χ0n) is 16.0. The lowest BCUT2D eigenvalue weighted by Gasteiger charge is -2.33. The molecular weight excluding hydrogens is 374 g/mol. The average Bonchev–Trinajstić information content (AvgIpc) is 3.14. The van der Waals surface area contributed by atoms with Crippen LogP contribution in [0.1, 0.15) is 28.3 Å². The SMILES string of the molecule is Cn1nccc1-c1ccc(C(=O)N[C@@H]2CNCC[C@H]2c2cccc(F)c2)c(F)c1. The zero-order chi connectivity index (χ0) is 20.4. The summed E-state index contributed by atoms with van der Waals surface area (Å²) in [6, 6.07) is 12.5. The van der Waals surface area contributed by atoms with Gasteiger partial charge in [0, 0.05) is 37.3 Å². The van der Waals surface area contributed by atoms with E-state index in [9.17, 15) is 13.6 Å². The van der Waals surface area contributed by atoms with Gasteiger partial charge in [-0.2, -0.15) is 5.10 Å². The summed E-state index contributed by atoms with van der Waals surface area (Å²) in [5.74, 6) is -1.41. The van der Waals surface area contributed by atoms with Gasteiger partial charge in [0.05, 0.1) is 11.3 Å². The van der Waals surface area contributed by atoms with Crippen molar-refractivity contribution in [1.29, 1.82) is 0 Å². The van der Waals surface area contributed by atoms with Crippen molar-refractivity contribution >= 4 is 5.91 Å². The van der Waals surface area contributed by atoms with E-state index in [0.717, 1.165) is 24.2 Å². The number of aromatic nitrogens is 2. The van der Waals surface area contributed by atoms with E-state index in [4.69, 9.17) is 0 Å². The number of piperidine rings is 1. The summed E-state index contributed by atoms with van der Waals surface area (Å²) < 4.78 is 30.0. The number of nitrogens with one attached hydrogen (secondary N) is 2. The summed E-state index contributed by atoms with van der Waals surface area (Å²) in [6.45, 7) is 1.32. The van der Waals surface area contributed by atoms with Gasteiger partial charge in [0.25, 0.3) is 5.91 Å². The van der Waals surface area contributed by atoms with Gasteiger partial charge in [-0.15, -0.1) is 0 Å². The third kappa shape index (κ3) is 4.05. The first-order chi connectivity index (χ1) is 14.0. The number of hydrogen-bond acceptors (Lipinski definition) is 3. The molecule has 2 N–H and O–H groups in total. The predicted molar refractivity (Wildman–Crippen MR) is 106 cm³/mol. The molecule has 2 aromatic carbocycles. The number of halogens is 2. The molecule has 1 amide bonds. The number of amides is 1. The Hall–Kier alpha value is -3.06. The highest BCUT2D eigenvalue weighted by molar-refractivity contribution is 5.95. The van der Waals surface area contributed by atoms with Crippen LogP contribution >= 0.6 is 0 Å². The van der Waals surface area contributed by atoms with E-state index in [2.05, 4.69) is 15.7 Å². The Morgan fingerprint density at radius 3 is 2.79 bits per heavy atom. The van der Waals surface area contributed by atoms with E-state index < -0.39 is 11.7 Å². The van der Waals surface area contributed by atoms with Gasteiger partial charge in [0.2, 0.25) is 0 Å². The van der Waals surface area contributed by atoms with Crippen LogP contribution in [0.3, 0.4) is 0 Å². The molecule has 29 heavy (non-hydrogen) atoms. The minimum Gasteiger partial charge on any atom is -0.347 e. The minimum atomic E-state index is -0.590. The van der Waals surface area contributed by atoms with Crippen molar-refractivity contribution in [3.8, 4) is 11.3 Å². The molecule has 3 aromatic rings. The maximum absolute atomic E-state index is 14.7. The number of rotatable bonds is 4. The predicted octanol–water partition coefficient (Wildman–Crippen LogP) is 3.24. The second-order valence-corrected chi connectivity index (χ2v) is 7.27. The van der Waals surface area contributed by atoms with Gasteiger partial charge in [0.1, 0.15) is 11.6 Å². The molecule has 0 aliphatic carbocycles. The summed E-state index contributed by atoms with van der Waals surface area (Å²) in [4.78, 5) is 12.8. The zero-order valence-corrected chi connectivity index (χ0v) is 16.0. The molecule has 0 spiro atoms. The highest BCUT2D eigenvalue weighted by atomic mass is 19.1. The molecule has 2 atom stereocenters. The molecular formula is C22H22F2N4O. The molecule has 1 saturated heterocycles. The quantitative estimate of drug-likeness (QED) is 0.712. The third-order valence-corrected chi connectivity index (χ3v) is 5.41. The molecule has 0 unspecified atom stereocenters. The van der Waals surface area contributed by atoms with Crippen LogP contribution in [0.15, 0.2) is 54.7 Å². The van der Waals surface area contributed by atoms with Gasteiger partial charge >= 0.3 is 0 Å². The lowest BCUT2D eigenvalue weighted by atomic mass is 9.86. The fourth-order valence-corrected chi connectivity index (χ4v) is 3.91. The highest BCUT2D eigenvalue weighted by Crippen LogP contribution is 2.27. The first-order valence-electron chi connectivity index (χ1n) is 9.58. The number of benzene rings is 2. The van der Waals surface area contributed by atoms with Crippen molar-refractivity contribution in [2.75, 3.05) is 13.1 Å². The normalized spacial score (nSPS) is 19.1. The monoisotopic (exact) mass is 396 g/mol. The molecule has 7 heteroatoms. The average molecular weight is 396 g/mol. The van der Waals surface area contributed by atoms with Crippen molar-refractivity contribution in [3.63, 3.8) is 0 Å². The summed E-state index contributed by atoms with van der Waals surface area (Å²) in [6.07, 6.45) is 2.40. The Kier molecular flexibility index (Phi) is 5.40. The Morgan fingerprint density at radius 2 is 2.07 bits per heavy atom. The molecule has 4 rings (SSSR count). The molecule has 1 aromatic heterocycles. The van der Waals surface area contributed by atoms with E-state index >= 15 is 0 Å². The Morgan fingerprint density at radius 1 is 1.21 bits per heavy atom. The van der Waals surface area contributed by atoms with Gasteiger partial charge in [-0.25, -0.2) is 8.78 Å². The molecule has 150 valence electrons. The van der Waals surface area contributed by atoms with Crippen LogP contribution in [0.25, 0.3) is 11.3 Å². The van der Waals surface area contributed by atoms with Crippen LogP contribution in [-0.4, -0.2) is 34.8 Å². The molecule has 1 aliphatic heterocycles. The van der Waals surface area contributed by atoms with Crippen LogP contribution in [-0.2, 0) is 7.05 Å². The van der Waals surface area contributed by atoms with Gasteiger partial charge in [-0.1, -0.05) is 18.2 Å². The number of carbonyl (C=O) groups excluding carboxylic acids is 1. The summed E-state index contributed by atoms with van der Waals surface area (Å²) in [7, 11) is 1.77. The summed E-state index contributed by atoms with van der Waals surface area (Å²) in [5.41, 5.74) is 2.23. The van der Waals surface area contributed by atoms with Crippen molar-refractivity contribution in [2.24, 2.45) is 7.05 Å².